The number of hydrogen-bond donors (Lipinski definition) is 2. The lowest BCUT2D eigenvalue weighted by Crippen LogP contribution is -2.22. The van der Waals surface area contributed by atoms with Crippen LogP contribution in [0.3, 0.4) is 0 Å². The van der Waals surface area contributed by atoms with Gasteiger partial charge >= 0.3 is 0 Å². The molecular formula is C29H28N2O4. The number of carbonyl (C=O) groups is 1. The molecule has 6 heteroatoms. The Balaban J connectivity index is 1.23. The average molecular weight is 469 g/mol. The number of amides is 1. The van der Waals surface area contributed by atoms with E-state index in [2.05, 4.69) is 10.6 Å². The molecule has 4 rings (SSSR count). The van der Waals surface area contributed by atoms with Crippen molar-refractivity contribution >= 4 is 17.3 Å². The molecule has 35 heavy (non-hydrogen) atoms. The third-order valence-corrected chi connectivity index (χ3v) is 5.05. The van der Waals surface area contributed by atoms with Crippen molar-refractivity contribution in [2.24, 2.45) is 0 Å². The SMILES string of the molecule is O=C(CNc1cccc(OCCOc2ccccc2)c1)Nc1ccccc1OCc1ccccc1. The van der Waals surface area contributed by atoms with Crippen molar-refractivity contribution in [3.05, 3.63) is 115 Å². The van der Waals surface area contributed by atoms with E-state index in [4.69, 9.17) is 14.2 Å². The molecule has 0 unspecified atom stereocenters. The zero-order chi connectivity index (χ0) is 24.1. The van der Waals surface area contributed by atoms with Crippen molar-refractivity contribution in [1.29, 1.82) is 0 Å². The maximum Gasteiger partial charge on any atom is 0.243 e. The Kier molecular flexibility index (Phi) is 8.60. The van der Waals surface area contributed by atoms with Crippen LogP contribution in [0, 0.1) is 0 Å². The Morgan fingerprint density at radius 1 is 0.657 bits per heavy atom. The highest BCUT2D eigenvalue weighted by atomic mass is 16.5. The topological polar surface area (TPSA) is 68.8 Å². The van der Waals surface area contributed by atoms with Crippen LogP contribution in [0.2, 0.25) is 0 Å². The number of carbonyl (C=O) groups excluding carboxylic acids is 1. The van der Waals surface area contributed by atoms with Crippen molar-refractivity contribution in [1.82, 2.24) is 0 Å². The molecule has 0 heterocycles. The number of anilines is 2. The van der Waals surface area contributed by atoms with Crippen LogP contribution in [0.4, 0.5) is 11.4 Å². The van der Waals surface area contributed by atoms with E-state index >= 15 is 0 Å². The highest BCUT2D eigenvalue weighted by Gasteiger charge is 2.08. The van der Waals surface area contributed by atoms with E-state index in [-0.39, 0.29) is 12.5 Å². The molecule has 4 aromatic carbocycles. The summed E-state index contributed by atoms with van der Waals surface area (Å²) in [5.74, 6) is 1.96. The molecule has 0 aliphatic heterocycles. The van der Waals surface area contributed by atoms with Crippen LogP contribution in [0.5, 0.6) is 17.2 Å². The van der Waals surface area contributed by atoms with E-state index < -0.39 is 0 Å². The molecule has 0 aliphatic carbocycles. The maximum absolute atomic E-state index is 12.6. The summed E-state index contributed by atoms with van der Waals surface area (Å²) < 4.78 is 17.3. The first-order chi connectivity index (χ1) is 17.3. The van der Waals surface area contributed by atoms with Gasteiger partial charge < -0.3 is 24.8 Å². The molecule has 178 valence electrons. The maximum atomic E-state index is 12.6. The lowest BCUT2D eigenvalue weighted by molar-refractivity contribution is -0.114. The number of benzene rings is 4. The van der Waals surface area contributed by atoms with Crippen LogP contribution in [0.15, 0.2) is 109 Å². The smallest absolute Gasteiger partial charge is 0.243 e. The summed E-state index contributed by atoms with van der Waals surface area (Å²) in [5.41, 5.74) is 2.48. The fourth-order valence-electron chi connectivity index (χ4n) is 3.34. The molecule has 0 bridgehead atoms. The van der Waals surface area contributed by atoms with E-state index in [9.17, 15) is 4.79 Å². The summed E-state index contributed by atoms with van der Waals surface area (Å²) in [6.07, 6.45) is 0. The molecule has 2 N–H and O–H groups in total. The monoisotopic (exact) mass is 468 g/mol. The fraction of sp³-hybridized carbons (Fsp3) is 0.138. The Hall–Kier alpha value is -4.45. The standard InChI is InChI=1S/C29H28N2O4/c32-29(31-27-16-7-8-17-28(27)35-22-23-10-3-1-4-11-23)21-30-24-12-9-15-26(20-24)34-19-18-33-25-13-5-2-6-14-25/h1-17,20,30H,18-19,21-22H2,(H,31,32). The Labute approximate surface area is 205 Å². The zero-order valence-corrected chi connectivity index (χ0v) is 19.4. The summed E-state index contributed by atoms with van der Waals surface area (Å²) in [6, 6.07) is 34.4. The lowest BCUT2D eigenvalue weighted by atomic mass is 10.2. The Bertz CT molecular complexity index is 1200. The quantitative estimate of drug-likeness (QED) is 0.258. The van der Waals surface area contributed by atoms with Crippen molar-refractivity contribution in [2.75, 3.05) is 30.4 Å². The second-order valence-corrected chi connectivity index (χ2v) is 7.71. The first kappa shape index (κ1) is 23.7. The van der Waals surface area contributed by atoms with Crippen LogP contribution in [-0.4, -0.2) is 25.7 Å². The summed E-state index contributed by atoms with van der Waals surface area (Å²) in [7, 11) is 0. The second-order valence-electron chi connectivity index (χ2n) is 7.71. The Morgan fingerprint density at radius 2 is 1.31 bits per heavy atom. The number of nitrogens with one attached hydrogen (secondary N) is 2. The molecule has 0 fully saturated rings. The van der Waals surface area contributed by atoms with Gasteiger partial charge in [-0.25, -0.2) is 0 Å². The minimum absolute atomic E-state index is 0.105. The summed E-state index contributed by atoms with van der Waals surface area (Å²) in [4.78, 5) is 12.6. The van der Waals surface area contributed by atoms with Gasteiger partial charge in [0.05, 0.1) is 12.2 Å². The van der Waals surface area contributed by atoms with Crippen molar-refractivity contribution in [3.63, 3.8) is 0 Å². The van der Waals surface area contributed by atoms with E-state index in [1.807, 2.05) is 109 Å². The first-order valence-corrected chi connectivity index (χ1v) is 11.5. The van der Waals surface area contributed by atoms with Gasteiger partial charge in [0.25, 0.3) is 0 Å². The third-order valence-electron chi connectivity index (χ3n) is 5.05. The molecule has 0 spiro atoms. The molecule has 0 atom stereocenters. The average Bonchev–Trinajstić information content (AvgIpc) is 2.91. The van der Waals surface area contributed by atoms with Crippen LogP contribution in [-0.2, 0) is 11.4 Å². The molecule has 0 aromatic heterocycles. The predicted octanol–water partition coefficient (Wildman–Crippen LogP) is 5.77. The zero-order valence-electron chi connectivity index (χ0n) is 19.4. The van der Waals surface area contributed by atoms with Gasteiger partial charge in [0.15, 0.2) is 0 Å². The number of ether oxygens (including phenoxy) is 3. The van der Waals surface area contributed by atoms with E-state index in [1.54, 1.807) is 0 Å². The number of para-hydroxylation sites is 3. The molecular weight excluding hydrogens is 440 g/mol. The molecule has 4 aromatic rings. The van der Waals surface area contributed by atoms with Gasteiger partial charge in [-0.05, 0) is 42.0 Å². The van der Waals surface area contributed by atoms with Gasteiger partial charge in [0, 0.05) is 11.8 Å². The normalized spacial score (nSPS) is 10.3. The van der Waals surface area contributed by atoms with Crippen LogP contribution < -0.4 is 24.8 Å². The van der Waals surface area contributed by atoms with E-state index in [0.29, 0.717) is 37.0 Å². The van der Waals surface area contributed by atoms with Crippen LogP contribution >= 0.6 is 0 Å². The van der Waals surface area contributed by atoms with Gasteiger partial charge in [-0.15, -0.1) is 0 Å². The highest BCUT2D eigenvalue weighted by Crippen LogP contribution is 2.25. The molecule has 0 saturated heterocycles. The van der Waals surface area contributed by atoms with Gasteiger partial charge in [0.1, 0.15) is 37.1 Å². The van der Waals surface area contributed by atoms with Crippen LogP contribution in [0.1, 0.15) is 5.56 Å². The van der Waals surface area contributed by atoms with Gasteiger partial charge in [-0.1, -0.05) is 66.7 Å². The minimum atomic E-state index is -0.177. The van der Waals surface area contributed by atoms with Crippen LogP contribution in [0.25, 0.3) is 0 Å². The van der Waals surface area contributed by atoms with Crippen molar-refractivity contribution in [2.45, 2.75) is 6.61 Å². The van der Waals surface area contributed by atoms with E-state index in [1.165, 1.54) is 0 Å². The lowest BCUT2D eigenvalue weighted by Gasteiger charge is -2.13. The number of rotatable bonds is 12. The highest BCUT2D eigenvalue weighted by molar-refractivity contribution is 5.95. The summed E-state index contributed by atoms with van der Waals surface area (Å²) in [6.45, 7) is 1.39. The first-order valence-electron chi connectivity index (χ1n) is 11.5. The molecule has 0 radical (unpaired) electrons. The summed E-state index contributed by atoms with van der Waals surface area (Å²) in [5, 5.41) is 6.05. The van der Waals surface area contributed by atoms with Gasteiger partial charge in [-0.3, -0.25) is 4.79 Å². The predicted molar refractivity (Wildman–Crippen MR) is 138 cm³/mol. The fourth-order valence-corrected chi connectivity index (χ4v) is 3.34. The molecule has 6 nitrogen and oxygen atoms in total. The second kappa shape index (κ2) is 12.7. The summed E-state index contributed by atoms with van der Waals surface area (Å²) >= 11 is 0. The van der Waals surface area contributed by atoms with Crippen molar-refractivity contribution < 1.29 is 19.0 Å². The van der Waals surface area contributed by atoms with E-state index in [0.717, 1.165) is 17.0 Å². The molecule has 0 aliphatic rings. The minimum Gasteiger partial charge on any atom is -0.490 e. The third kappa shape index (κ3) is 7.82. The Morgan fingerprint density at radius 3 is 2.11 bits per heavy atom. The number of hydrogen-bond acceptors (Lipinski definition) is 5. The van der Waals surface area contributed by atoms with Gasteiger partial charge in [0.2, 0.25) is 5.91 Å². The van der Waals surface area contributed by atoms with Gasteiger partial charge in [-0.2, -0.15) is 0 Å². The molecule has 1 amide bonds. The largest absolute Gasteiger partial charge is 0.490 e. The van der Waals surface area contributed by atoms with Crippen molar-refractivity contribution in [3.8, 4) is 17.2 Å². The molecule has 0 saturated carbocycles.